The molecule has 4 N–H and O–H groups in total. The summed E-state index contributed by atoms with van der Waals surface area (Å²) in [7, 11) is 0. The first-order chi connectivity index (χ1) is 6.52. The van der Waals surface area contributed by atoms with E-state index in [4.69, 9.17) is 5.73 Å². The van der Waals surface area contributed by atoms with Crippen LogP contribution in [-0.2, 0) is 4.79 Å². The smallest absolute Gasteiger partial charge is 0.255 e. The summed E-state index contributed by atoms with van der Waals surface area (Å²) in [5.74, 6) is -0.912. The molecule has 0 spiro atoms. The molecule has 0 bridgehead atoms. The van der Waals surface area contributed by atoms with Gasteiger partial charge in [0.2, 0.25) is 5.91 Å². The van der Waals surface area contributed by atoms with E-state index in [1.54, 1.807) is 13.8 Å². The Balaban J connectivity index is 2.74. The van der Waals surface area contributed by atoms with Gasteiger partial charge in [0.15, 0.2) is 0 Å². The number of nitrogens with zero attached hydrogens (tertiary/aromatic N) is 1. The average Bonchev–Trinajstić information content (AvgIpc) is 2.42. The van der Waals surface area contributed by atoms with Gasteiger partial charge in [-0.3, -0.25) is 14.7 Å². The largest absolute Gasteiger partial charge is 0.368 e. The molecule has 76 valence electrons. The zero-order valence-corrected chi connectivity index (χ0v) is 8.05. The van der Waals surface area contributed by atoms with Crippen molar-refractivity contribution in [2.45, 2.75) is 13.8 Å². The van der Waals surface area contributed by atoms with Crippen molar-refractivity contribution in [3.05, 3.63) is 17.0 Å². The van der Waals surface area contributed by atoms with Gasteiger partial charge in [-0.25, -0.2) is 0 Å². The third kappa shape index (κ3) is 2.09. The lowest BCUT2D eigenvalue weighted by atomic mass is 10.2. The van der Waals surface area contributed by atoms with Crippen LogP contribution in [0.15, 0.2) is 0 Å². The second kappa shape index (κ2) is 3.91. The molecule has 6 heteroatoms. The minimum absolute atomic E-state index is 0.164. The highest BCUT2D eigenvalue weighted by molar-refractivity contribution is 5.98. The van der Waals surface area contributed by atoms with Gasteiger partial charge < -0.3 is 11.1 Å². The predicted molar refractivity (Wildman–Crippen MR) is 49.6 cm³/mol. The van der Waals surface area contributed by atoms with E-state index in [2.05, 4.69) is 15.5 Å². The Hall–Kier alpha value is -1.85. The van der Waals surface area contributed by atoms with Crippen LogP contribution in [0.2, 0.25) is 0 Å². The number of aromatic amines is 1. The van der Waals surface area contributed by atoms with Gasteiger partial charge in [-0.2, -0.15) is 5.10 Å². The van der Waals surface area contributed by atoms with Crippen molar-refractivity contribution in [3.63, 3.8) is 0 Å². The van der Waals surface area contributed by atoms with Gasteiger partial charge >= 0.3 is 0 Å². The lowest BCUT2D eigenvalue weighted by Crippen LogP contribution is -2.33. The van der Waals surface area contributed by atoms with Crippen LogP contribution in [0.3, 0.4) is 0 Å². The van der Waals surface area contributed by atoms with Crippen molar-refractivity contribution < 1.29 is 9.59 Å². The Labute approximate surface area is 80.9 Å². The van der Waals surface area contributed by atoms with Gasteiger partial charge in [0.25, 0.3) is 5.91 Å². The van der Waals surface area contributed by atoms with E-state index in [-0.39, 0.29) is 12.5 Å². The van der Waals surface area contributed by atoms with Gasteiger partial charge in [-0.15, -0.1) is 0 Å². The fourth-order valence-corrected chi connectivity index (χ4v) is 1.14. The number of H-pyrrole nitrogens is 1. The average molecular weight is 196 g/mol. The zero-order valence-electron chi connectivity index (χ0n) is 8.05. The maximum Gasteiger partial charge on any atom is 0.255 e. The van der Waals surface area contributed by atoms with E-state index in [1.807, 2.05) is 0 Å². The minimum atomic E-state index is -0.572. The van der Waals surface area contributed by atoms with Gasteiger partial charge in [0, 0.05) is 5.69 Å². The molecule has 6 nitrogen and oxygen atoms in total. The van der Waals surface area contributed by atoms with Crippen LogP contribution in [0, 0.1) is 13.8 Å². The number of nitrogens with one attached hydrogen (secondary N) is 2. The molecule has 1 aromatic rings. The molecule has 14 heavy (non-hydrogen) atoms. The van der Waals surface area contributed by atoms with Crippen molar-refractivity contribution in [1.82, 2.24) is 15.5 Å². The Kier molecular flexibility index (Phi) is 2.85. The van der Waals surface area contributed by atoms with Crippen LogP contribution in [0.4, 0.5) is 0 Å². The highest BCUT2D eigenvalue weighted by Crippen LogP contribution is 2.08. The summed E-state index contributed by atoms with van der Waals surface area (Å²) in [5.41, 5.74) is 6.63. The standard InChI is InChI=1S/C8H12N4O2/c1-4-7(5(2)12-11-4)8(14)10-3-6(9)13/h3H2,1-2H3,(H2,9,13)(H,10,14)(H,11,12). The molecule has 1 heterocycles. The number of amides is 2. The molecule has 2 amide bonds. The number of hydrogen-bond acceptors (Lipinski definition) is 3. The first kappa shape index (κ1) is 10.2. The number of aryl methyl sites for hydroxylation is 2. The molecule has 1 rings (SSSR count). The van der Waals surface area contributed by atoms with Crippen LogP contribution in [0.25, 0.3) is 0 Å². The van der Waals surface area contributed by atoms with Gasteiger partial charge in [-0.1, -0.05) is 0 Å². The summed E-state index contributed by atoms with van der Waals surface area (Å²) >= 11 is 0. The second-order valence-electron chi connectivity index (χ2n) is 2.96. The van der Waals surface area contributed by atoms with E-state index in [0.717, 1.165) is 0 Å². The van der Waals surface area contributed by atoms with Crippen molar-refractivity contribution in [1.29, 1.82) is 0 Å². The third-order valence-electron chi connectivity index (χ3n) is 1.78. The topological polar surface area (TPSA) is 101 Å². The molecule has 0 aliphatic heterocycles. The Morgan fingerprint density at radius 1 is 1.50 bits per heavy atom. The third-order valence-corrected chi connectivity index (χ3v) is 1.78. The van der Waals surface area contributed by atoms with Gasteiger partial charge in [0.05, 0.1) is 17.8 Å². The second-order valence-corrected chi connectivity index (χ2v) is 2.96. The predicted octanol–water partition coefficient (Wildman–Crippen LogP) is -0.758. The monoisotopic (exact) mass is 196 g/mol. The molecular formula is C8H12N4O2. The summed E-state index contributed by atoms with van der Waals surface area (Å²) in [4.78, 5) is 21.9. The number of carbonyl (C=O) groups excluding carboxylic acids is 2. The van der Waals surface area contributed by atoms with Crippen LogP contribution in [0.5, 0.6) is 0 Å². The van der Waals surface area contributed by atoms with Crippen molar-refractivity contribution in [3.8, 4) is 0 Å². The quantitative estimate of drug-likeness (QED) is 0.592. The van der Waals surface area contributed by atoms with Crippen molar-refractivity contribution >= 4 is 11.8 Å². The first-order valence-corrected chi connectivity index (χ1v) is 4.10. The fourth-order valence-electron chi connectivity index (χ4n) is 1.14. The van der Waals surface area contributed by atoms with Crippen molar-refractivity contribution in [2.75, 3.05) is 6.54 Å². The molecule has 0 fully saturated rings. The Morgan fingerprint density at radius 2 is 2.14 bits per heavy atom. The van der Waals surface area contributed by atoms with Gasteiger partial charge in [0.1, 0.15) is 0 Å². The Morgan fingerprint density at radius 3 is 2.57 bits per heavy atom. The van der Waals surface area contributed by atoms with E-state index in [1.165, 1.54) is 0 Å². The molecule has 0 aliphatic carbocycles. The van der Waals surface area contributed by atoms with E-state index >= 15 is 0 Å². The summed E-state index contributed by atoms with van der Waals surface area (Å²) < 4.78 is 0. The fraction of sp³-hybridized carbons (Fsp3) is 0.375. The first-order valence-electron chi connectivity index (χ1n) is 4.10. The normalized spacial score (nSPS) is 9.86. The van der Waals surface area contributed by atoms with Crippen LogP contribution in [-0.4, -0.2) is 28.6 Å². The molecule has 0 aromatic carbocycles. The van der Waals surface area contributed by atoms with Gasteiger partial charge in [-0.05, 0) is 13.8 Å². The minimum Gasteiger partial charge on any atom is -0.368 e. The van der Waals surface area contributed by atoms with E-state index in [9.17, 15) is 9.59 Å². The lowest BCUT2D eigenvalue weighted by molar-refractivity contribution is -0.117. The molecule has 0 saturated carbocycles. The molecular weight excluding hydrogens is 184 g/mol. The number of carbonyl (C=O) groups is 2. The number of primary amides is 1. The van der Waals surface area contributed by atoms with Crippen LogP contribution >= 0.6 is 0 Å². The number of nitrogens with two attached hydrogens (primary N) is 1. The Bertz CT molecular complexity index is 350. The number of hydrogen-bond donors (Lipinski definition) is 3. The molecule has 0 saturated heterocycles. The highest BCUT2D eigenvalue weighted by Gasteiger charge is 2.14. The summed E-state index contributed by atoms with van der Waals surface area (Å²) in [6.07, 6.45) is 0. The number of aromatic nitrogens is 2. The SMILES string of the molecule is Cc1n[nH]c(C)c1C(=O)NCC(N)=O. The summed E-state index contributed by atoms with van der Waals surface area (Å²) in [5, 5.41) is 8.93. The van der Waals surface area contributed by atoms with Crippen LogP contribution < -0.4 is 11.1 Å². The van der Waals surface area contributed by atoms with E-state index < -0.39 is 5.91 Å². The van der Waals surface area contributed by atoms with E-state index in [0.29, 0.717) is 17.0 Å². The summed E-state index contributed by atoms with van der Waals surface area (Å²) in [6, 6.07) is 0. The molecule has 0 aliphatic rings. The zero-order chi connectivity index (χ0) is 10.7. The molecule has 0 radical (unpaired) electrons. The van der Waals surface area contributed by atoms with Crippen molar-refractivity contribution in [2.24, 2.45) is 5.73 Å². The molecule has 0 atom stereocenters. The maximum absolute atomic E-state index is 11.5. The molecule has 0 unspecified atom stereocenters. The molecule has 1 aromatic heterocycles. The maximum atomic E-state index is 11.5. The summed E-state index contributed by atoms with van der Waals surface area (Å²) in [6.45, 7) is 3.28. The van der Waals surface area contributed by atoms with Crippen LogP contribution in [0.1, 0.15) is 21.7 Å². The highest BCUT2D eigenvalue weighted by atomic mass is 16.2. The number of rotatable bonds is 3. The lowest BCUT2D eigenvalue weighted by Gasteiger charge is -2.01.